The van der Waals surface area contributed by atoms with Crippen LogP contribution in [0.4, 0.5) is 11.4 Å². The first-order chi connectivity index (χ1) is 18.9. The van der Waals surface area contributed by atoms with Crippen LogP contribution in [0.5, 0.6) is 0 Å². The van der Waals surface area contributed by atoms with Crippen molar-refractivity contribution in [3.05, 3.63) is 131 Å². The fraction of sp³-hybridized carbons (Fsp3) is 0.235. The normalized spacial score (nSPS) is 14.6. The molecule has 0 N–H and O–H groups in total. The molecule has 0 radical (unpaired) electrons. The van der Waals surface area contributed by atoms with Gasteiger partial charge in [0.2, 0.25) is 0 Å². The van der Waals surface area contributed by atoms with Crippen LogP contribution in [0.15, 0.2) is 109 Å². The van der Waals surface area contributed by atoms with Gasteiger partial charge in [-0.05, 0) is 93.0 Å². The third kappa shape index (κ3) is 7.82. The van der Waals surface area contributed by atoms with Crippen molar-refractivity contribution in [3.63, 3.8) is 0 Å². The first-order valence-electron chi connectivity index (χ1n) is 13.3. The number of para-hydroxylation sites is 1. The molecule has 2 aliphatic rings. The van der Waals surface area contributed by atoms with Crippen LogP contribution in [-0.4, -0.2) is 43.7 Å². The number of benzene rings is 3. The number of hydrogen-bond donors (Lipinski definition) is 0. The zero-order valence-corrected chi connectivity index (χ0v) is 24.6. The van der Waals surface area contributed by atoms with Crippen molar-refractivity contribution in [1.82, 2.24) is 4.90 Å². The van der Waals surface area contributed by atoms with Crippen molar-refractivity contribution in [3.8, 4) is 0 Å². The summed E-state index contributed by atoms with van der Waals surface area (Å²) in [6.07, 6.45) is 8.98. The molecule has 0 amide bonds. The molecule has 208 valence electrons. The topological polar surface area (TPSA) is 40.6 Å². The molecule has 0 aromatic heterocycles. The van der Waals surface area contributed by atoms with E-state index in [4.69, 9.17) is 11.6 Å². The average molecular weight is 576 g/mol. The molecule has 0 spiro atoms. The van der Waals surface area contributed by atoms with Gasteiger partial charge in [0.25, 0.3) is 0 Å². The third-order valence-corrected chi connectivity index (χ3v) is 7.22. The van der Waals surface area contributed by atoms with Gasteiger partial charge in [-0.15, -0.1) is 19.0 Å². The SMILES string of the molecule is C=CC(C1=CC(=O)C=CC1=O)c1ccccc1.CN(C)CCCN1c2ccccc2CCc2ccc(Cl)cc21.Cl. The molecule has 0 saturated heterocycles. The predicted octanol–water partition coefficient (Wildman–Crippen LogP) is 7.54. The summed E-state index contributed by atoms with van der Waals surface area (Å²) in [4.78, 5) is 27.8. The lowest BCUT2D eigenvalue weighted by Gasteiger charge is -2.27. The smallest absolute Gasteiger partial charge is 0.183 e. The van der Waals surface area contributed by atoms with Gasteiger partial charge in [0.1, 0.15) is 0 Å². The van der Waals surface area contributed by atoms with Crippen LogP contribution in [0.2, 0.25) is 5.02 Å². The number of carbonyl (C=O) groups excluding carboxylic acids is 2. The molecule has 0 saturated carbocycles. The minimum Gasteiger partial charge on any atom is -0.341 e. The Balaban J connectivity index is 0.000000222. The van der Waals surface area contributed by atoms with Gasteiger partial charge < -0.3 is 9.80 Å². The van der Waals surface area contributed by atoms with Crippen LogP contribution in [0.25, 0.3) is 0 Å². The maximum Gasteiger partial charge on any atom is 0.183 e. The summed E-state index contributed by atoms with van der Waals surface area (Å²) in [5, 5.41) is 0.816. The second-order valence-electron chi connectivity index (χ2n) is 10.0. The van der Waals surface area contributed by atoms with E-state index in [9.17, 15) is 9.59 Å². The molecule has 3 aromatic rings. The highest BCUT2D eigenvalue weighted by atomic mass is 35.5. The van der Waals surface area contributed by atoms with Crippen LogP contribution >= 0.6 is 24.0 Å². The molecule has 1 aliphatic heterocycles. The van der Waals surface area contributed by atoms with Gasteiger partial charge in [0, 0.05) is 34.4 Å². The summed E-state index contributed by atoms with van der Waals surface area (Å²) in [6, 6.07) is 24.6. The first kappa shape index (κ1) is 31.1. The number of allylic oxidation sites excluding steroid dienone is 5. The number of aryl methyl sites for hydroxylation is 2. The third-order valence-electron chi connectivity index (χ3n) is 6.98. The van der Waals surface area contributed by atoms with E-state index in [1.54, 1.807) is 6.08 Å². The highest BCUT2D eigenvalue weighted by molar-refractivity contribution is 6.31. The number of anilines is 2. The number of hydrogen-bond acceptors (Lipinski definition) is 4. The van der Waals surface area contributed by atoms with Crippen molar-refractivity contribution < 1.29 is 9.59 Å². The second kappa shape index (κ2) is 14.8. The summed E-state index contributed by atoms with van der Waals surface area (Å²) >= 11 is 6.27. The lowest BCUT2D eigenvalue weighted by Crippen LogP contribution is -2.24. The van der Waals surface area contributed by atoms with Crippen LogP contribution in [0, 0.1) is 0 Å². The molecular formula is C34H36Cl2N2O2. The minimum atomic E-state index is -0.224. The molecule has 4 nitrogen and oxygen atoms in total. The summed E-state index contributed by atoms with van der Waals surface area (Å²) in [7, 11) is 4.25. The summed E-state index contributed by atoms with van der Waals surface area (Å²) in [6.45, 7) is 5.85. The first-order valence-corrected chi connectivity index (χ1v) is 13.7. The highest BCUT2D eigenvalue weighted by Crippen LogP contribution is 2.37. The Bertz CT molecular complexity index is 1400. The second-order valence-corrected chi connectivity index (χ2v) is 10.5. The maximum absolute atomic E-state index is 11.8. The van der Waals surface area contributed by atoms with E-state index in [1.807, 2.05) is 36.4 Å². The zero-order valence-electron chi connectivity index (χ0n) is 23.1. The Morgan fingerprint density at radius 1 is 0.925 bits per heavy atom. The molecule has 1 aliphatic carbocycles. The van der Waals surface area contributed by atoms with Crippen molar-refractivity contribution >= 4 is 46.9 Å². The van der Waals surface area contributed by atoms with Crippen molar-refractivity contribution in [2.75, 3.05) is 32.1 Å². The van der Waals surface area contributed by atoms with Gasteiger partial charge in [0.15, 0.2) is 11.6 Å². The molecule has 5 rings (SSSR count). The number of nitrogens with zero attached hydrogens (tertiary/aromatic N) is 2. The van der Waals surface area contributed by atoms with E-state index in [2.05, 4.69) is 66.9 Å². The Morgan fingerprint density at radius 2 is 1.60 bits per heavy atom. The quantitative estimate of drug-likeness (QED) is 0.216. The van der Waals surface area contributed by atoms with Gasteiger partial charge in [-0.2, -0.15) is 0 Å². The van der Waals surface area contributed by atoms with Crippen LogP contribution in [-0.2, 0) is 22.4 Å². The molecule has 1 heterocycles. The Labute approximate surface area is 249 Å². The number of carbonyl (C=O) groups is 2. The Hall–Kier alpha value is -3.44. The van der Waals surface area contributed by atoms with Gasteiger partial charge in [-0.25, -0.2) is 0 Å². The standard InChI is InChI=1S/C19H23ClN2.C15H12O2.ClH/c1-21(2)12-5-13-22-18-7-4-3-6-15(18)8-9-16-10-11-17(20)14-19(16)22;1-2-13(11-6-4-3-5-7-11)14-10-12(16)8-9-15(14)17;/h3-4,6-7,10-11,14H,5,8-9,12-13H2,1-2H3;2-10,13H,1H2;1H. The van der Waals surface area contributed by atoms with E-state index < -0.39 is 0 Å². The molecule has 1 atom stereocenters. The fourth-order valence-electron chi connectivity index (χ4n) is 5.04. The van der Waals surface area contributed by atoms with Crippen LogP contribution in [0.1, 0.15) is 29.0 Å². The molecule has 0 bridgehead atoms. The van der Waals surface area contributed by atoms with Crippen molar-refractivity contribution in [2.24, 2.45) is 0 Å². The van der Waals surface area contributed by atoms with Gasteiger partial charge in [0.05, 0.1) is 0 Å². The molecule has 40 heavy (non-hydrogen) atoms. The Kier molecular flexibility index (Phi) is 11.5. The van der Waals surface area contributed by atoms with Gasteiger partial charge in [-0.1, -0.05) is 72.3 Å². The van der Waals surface area contributed by atoms with E-state index in [0.717, 1.165) is 42.9 Å². The molecular weight excluding hydrogens is 539 g/mol. The largest absolute Gasteiger partial charge is 0.341 e. The molecule has 0 fully saturated rings. The van der Waals surface area contributed by atoms with Crippen LogP contribution < -0.4 is 4.90 Å². The predicted molar refractivity (Wildman–Crippen MR) is 169 cm³/mol. The number of ketones is 2. The number of halogens is 2. The minimum absolute atomic E-state index is 0. The van der Waals surface area contributed by atoms with E-state index in [0.29, 0.717) is 5.57 Å². The number of rotatable bonds is 7. The highest BCUT2D eigenvalue weighted by Gasteiger charge is 2.22. The average Bonchev–Trinajstić information content (AvgIpc) is 3.08. The van der Waals surface area contributed by atoms with Crippen molar-refractivity contribution in [1.29, 1.82) is 0 Å². The fourth-order valence-corrected chi connectivity index (χ4v) is 5.21. The maximum atomic E-state index is 11.8. The monoisotopic (exact) mass is 574 g/mol. The molecule has 6 heteroatoms. The lowest BCUT2D eigenvalue weighted by atomic mass is 9.86. The van der Waals surface area contributed by atoms with E-state index >= 15 is 0 Å². The van der Waals surface area contributed by atoms with E-state index in [1.165, 1.54) is 40.7 Å². The van der Waals surface area contributed by atoms with Gasteiger partial charge >= 0.3 is 0 Å². The van der Waals surface area contributed by atoms with Crippen LogP contribution in [0.3, 0.4) is 0 Å². The summed E-state index contributed by atoms with van der Waals surface area (Å²) in [5.41, 5.74) is 6.88. The summed E-state index contributed by atoms with van der Waals surface area (Å²) in [5.74, 6) is -0.502. The Morgan fingerprint density at radius 3 is 2.30 bits per heavy atom. The zero-order chi connectivity index (χ0) is 27.8. The van der Waals surface area contributed by atoms with Crippen molar-refractivity contribution in [2.45, 2.75) is 25.2 Å². The molecule has 3 aromatic carbocycles. The summed E-state index contributed by atoms with van der Waals surface area (Å²) < 4.78 is 0. The van der Waals surface area contributed by atoms with Gasteiger partial charge in [-0.3, -0.25) is 9.59 Å². The number of fused-ring (bicyclic) bond motifs is 2. The molecule has 1 unspecified atom stereocenters. The van der Waals surface area contributed by atoms with E-state index in [-0.39, 0.29) is 29.9 Å². The lowest BCUT2D eigenvalue weighted by molar-refractivity contribution is -0.114.